The Morgan fingerprint density at radius 1 is 1.53 bits per heavy atom. The second kappa shape index (κ2) is 6.06. The molecule has 2 aromatic rings. The number of methoxy groups -OCH3 is 1. The fraction of sp³-hybridized carbons (Fsp3) is 0.308. The van der Waals surface area contributed by atoms with Crippen molar-refractivity contribution in [2.75, 3.05) is 7.11 Å². The molecule has 5 nitrogen and oxygen atoms in total. The van der Waals surface area contributed by atoms with Gasteiger partial charge in [0, 0.05) is 24.5 Å². The van der Waals surface area contributed by atoms with Gasteiger partial charge in [0.15, 0.2) is 0 Å². The van der Waals surface area contributed by atoms with Crippen LogP contribution in [0.3, 0.4) is 0 Å². The first kappa shape index (κ1) is 13.9. The Bertz CT molecular complexity index is 555. The molecule has 2 rings (SSSR count). The van der Waals surface area contributed by atoms with Gasteiger partial charge in [0.05, 0.1) is 13.2 Å². The van der Waals surface area contributed by atoms with E-state index in [0.29, 0.717) is 11.4 Å². The summed E-state index contributed by atoms with van der Waals surface area (Å²) in [4.78, 5) is 4.31. The van der Waals surface area contributed by atoms with Crippen molar-refractivity contribution >= 4 is 11.6 Å². The van der Waals surface area contributed by atoms with Crippen LogP contribution in [0.25, 0.3) is 0 Å². The van der Waals surface area contributed by atoms with Crippen LogP contribution in [-0.4, -0.2) is 16.7 Å². The van der Waals surface area contributed by atoms with Crippen molar-refractivity contribution in [3.63, 3.8) is 0 Å². The molecule has 6 heteroatoms. The maximum atomic E-state index is 6.03. The third-order valence-corrected chi connectivity index (χ3v) is 3.27. The molecule has 1 atom stereocenters. The number of aromatic nitrogens is 2. The Morgan fingerprint density at radius 3 is 2.89 bits per heavy atom. The average molecular weight is 281 g/mol. The summed E-state index contributed by atoms with van der Waals surface area (Å²) < 4.78 is 7.27. The van der Waals surface area contributed by atoms with Gasteiger partial charge in [0.2, 0.25) is 0 Å². The number of imidazole rings is 1. The van der Waals surface area contributed by atoms with E-state index >= 15 is 0 Å². The summed E-state index contributed by atoms with van der Waals surface area (Å²) in [5.41, 5.74) is 3.77. The van der Waals surface area contributed by atoms with Gasteiger partial charge in [-0.15, -0.1) is 0 Å². The van der Waals surface area contributed by atoms with Crippen LogP contribution < -0.4 is 16.0 Å². The molecule has 0 saturated heterocycles. The molecular formula is C13H17ClN4O. The fourth-order valence-corrected chi connectivity index (χ4v) is 2.26. The van der Waals surface area contributed by atoms with Gasteiger partial charge in [-0.05, 0) is 30.2 Å². The molecule has 0 saturated carbocycles. The van der Waals surface area contributed by atoms with E-state index in [1.54, 1.807) is 19.4 Å². The summed E-state index contributed by atoms with van der Waals surface area (Å²) in [7, 11) is 3.57. The van der Waals surface area contributed by atoms with Crippen LogP contribution in [0.1, 0.15) is 17.4 Å². The predicted octanol–water partition coefficient (Wildman–Crippen LogP) is 1.83. The van der Waals surface area contributed by atoms with Gasteiger partial charge in [0.1, 0.15) is 11.6 Å². The van der Waals surface area contributed by atoms with Crippen molar-refractivity contribution in [2.45, 2.75) is 12.5 Å². The van der Waals surface area contributed by atoms with E-state index in [1.165, 1.54) is 0 Å². The molecule has 19 heavy (non-hydrogen) atoms. The summed E-state index contributed by atoms with van der Waals surface area (Å²) in [5.74, 6) is 7.29. The molecule has 102 valence electrons. The number of ether oxygens (including phenoxy) is 1. The minimum Gasteiger partial charge on any atom is -0.496 e. The topological polar surface area (TPSA) is 65.1 Å². The third kappa shape index (κ3) is 3.07. The molecular weight excluding hydrogens is 264 g/mol. The molecule has 0 bridgehead atoms. The number of nitrogens with one attached hydrogen (secondary N) is 1. The zero-order valence-corrected chi connectivity index (χ0v) is 11.7. The second-order valence-corrected chi connectivity index (χ2v) is 4.71. The minimum absolute atomic E-state index is 0.104. The van der Waals surface area contributed by atoms with Crippen molar-refractivity contribution in [2.24, 2.45) is 12.9 Å². The number of nitrogens with zero attached hydrogens (tertiary/aromatic N) is 2. The Balaban J connectivity index is 2.28. The average Bonchev–Trinajstić information content (AvgIpc) is 2.82. The molecule has 1 unspecified atom stereocenters. The summed E-state index contributed by atoms with van der Waals surface area (Å²) in [5, 5.41) is 0.673. The van der Waals surface area contributed by atoms with E-state index in [2.05, 4.69) is 10.4 Å². The molecule has 0 amide bonds. The number of aryl methyl sites for hydroxylation is 1. The van der Waals surface area contributed by atoms with Crippen LogP contribution in [0.4, 0.5) is 0 Å². The molecule has 0 spiro atoms. The lowest BCUT2D eigenvalue weighted by molar-refractivity contribution is 0.404. The SMILES string of the molecule is COc1ccc(Cl)cc1CC(NN)c1nccn1C. The molecule has 0 aliphatic heterocycles. The molecule has 0 aliphatic rings. The van der Waals surface area contributed by atoms with Crippen molar-refractivity contribution < 1.29 is 4.74 Å². The van der Waals surface area contributed by atoms with E-state index in [-0.39, 0.29) is 6.04 Å². The van der Waals surface area contributed by atoms with Gasteiger partial charge in [-0.3, -0.25) is 5.84 Å². The summed E-state index contributed by atoms with van der Waals surface area (Å²) >= 11 is 6.03. The highest BCUT2D eigenvalue weighted by Crippen LogP contribution is 2.26. The first-order valence-electron chi connectivity index (χ1n) is 5.91. The van der Waals surface area contributed by atoms with Crippen molar-refractivity contribution in [3.05, 3.63) is 47.0 Å². The maximum absolute atomic E-state index is 6.03. The number of benzene rings is 1. The number of nitrogens with two attached hydrogens (primary N) is 1. The minimum atomic E-state index is -0.104. The largest absolute Gasteiger partial charge is 0.496 e. The highest BCUT2D eigenvalue weighted by molar-refractivity contribution is 6.30. The van der Waals surface area contributed by atoms with Crippen molar-refractivity contribution in [1.82, 2.24) is 15.0 Å². The summed E-state index contributed by atoms with van der Waals surface area (Å²) in [6.07, 6.45) is 4.27. The van der Waals surface area contributed by atoms with Crippen molar-refractivity contribution in [3.8, 4) is 5.75 Å². The van der Waals surface area contributed by atoms with Gasteiger partial charge >= 0.3 is 0 Å². The van der Waals surface area contributed by atoms with Gasteiger partial charge in [-0.2, -0.15) is 0 Å². The normalized spacial score (nSPS) is 12.4. The Hall–Kier alpha value is -1.56. The molecule has 1 heterocycles. The third-order valence-electron chi connectivity index (χ3n) is 3.04. The lowest BCUT2D eigenvalue weighted by atomic mass is 10.0. The maximum Gasteiger partial charge on any atom is 0.127 e. The van der Waals surface area contributed by atoms with Crippen LogP contribution >= 0.6 is 11.6 Å². The van der Waals surface area contributed by atoms with Gasteiger partial charge in [0.25, 0.3) is 0 Å². The standard InChI is InChI=1S/C13H17ClN4O/c1-18-6-5-16-13(18)11(17-15)8-9-7-10(14)3-4-12(9)19-2/h3-7,11,17H,8,15H2,1-2H3. The monoisotopic (exact) mass is 280 g/mol. The van der Waals surface area contributed by atoms with Crippen molar-refractivity contribution in [1.29, 1.82) is 0 Å². The quantitative estimate of drug-likeness (QED) is 0.648. The van der Waals surface area contributed by atoms with Gasteiger partial charge in [-0.25, -0.2) is 10.4 Å². The Labute approximate surface area is 117 Å². The molecule has 1 aromatic heterocycles. The molecule has 1 aromatic carbocycles. The summed E-state index contributed by atoms with van der Waals surface area (Å²) in [6, 6.07) is 5.43. The molecule has 0 radical (unpaired) electrons. The predicted molar refractivity (Wildman–Crippen MR) is 75.0 cm³/mol. The first-order chi connectivity index (χ1) is 9.15. The van der Waals surface area contributed by atoms with Gasteiger partial charge < -0.3 is 9.30 Å². The molecule has 3 N–H and O–H groups in total. The van der Waals surface area contributed by atoms with Crippen LogP contribution in [0.15, 0.2) is 30.6 Å². The highest BCUT2D eigenvalue weighted by Gasteiger charge is 2.17. The highest BCUT2D eigenvalue weighted by atomic mass is 35.5. The number of halogens is 1. The van der Waals surface area contributed by atoms with Crippen LogP contribution in [0.5, 0.6) is 5.75 Å². The number of rotatable bonds is 5. The number of hydrogen-bond acceptors (Lipinski definition) is 4. The lowest BCUT2D eigenvalue weighted by Gasteiger charge is -2.17. The zero-order valence-electron chi connectivity index (χ0n) is 10.9. The van der Waals surface area contributed by atoms with E-state index in [1.807, 2.05) is 29.9 Å². The van der Waals surface area contributed by atoms with Gasteiger partial charge in [-0.1, -0.05) is 11.6 Å². The molecule has 0 aliphatic carbocycles. The zero-order chi connectivity index (χ0) is 13.8. The fourth-order valence-electron chi connectivity index (χ4n) is 2.06. The van der Waals surface area contributed by atoms with E-state index in [9.17, 15) is 0 Å². The van der Waals surface area contributed by atoms with Crippen LogP contribution in [0, 0.1) is 0 Å². The smallest absolute Gasteiger partial charge is 0.127 e. The van der Waals surface area contributed by atoms with Crippen LogP contribution in [0.2, 0.25) is 5.02 Å². The molecule has 0 fully saturated rings. The number of hydrogen-bond donors (Lipinski definition) is 2. The second-order valence-electron chi connectivity index (χ2n) is 4.28. The van der Waals surface area contributed by atoms with E-state index in [0.717, 1.165) is 17.1 Å². The summed E-state index contributed by atoms with van der Waals surface area (Å²) in [6.45, 7) is 0. The van der Waals surface area contributed by atoms with E-state index in [4.69, 9.17) is 22.2 Å². The number of hydrazine groups is 1. The first-order valence-corrected chi connectivity index (χ1v) is 6.29. The van der Waals surface area contributed by atoms with E-state index < -0.39 is 0 Å². The lowest BCUT2D eigenvalue weighted by Crippen LogP contribution is -2.31. The Kier molecular flexibility index (Phi) is 4.42. The Morgan fingerprint density at radius 2 is 2.32 bits per heavy atom. The van der Waals surface area contributed by atoms with Crippen LogP contribution in [-0.2, 0) is 13.5 Å².